The lowest BCUT2D eigenvalue weighted by atomic mass is 10.2. The normalized spacial score (nSPS) is 18.4. The van der Waals surface area contributed by atoms with Crippen LogP contribution < -0.4 is 10.2 Å². The highest BCUT2D eigenvalue weighted by atomic mass is 16.2. The summed E-state index contributed by atoms with van der Waals surface area (Å²) < 4.78 is 0. The Morgan fingerprint density at radius 2 is 1.61 bits per heavy atom. The second-order valence-corrected chi connectivity index (χ2v) is 7.69. The molecule has 6 heteroatoms. The first-order valence-corrected chi connectivity index (χ1v) is 10.3. The van der Waals surface area contributed by atoms with E-state index in [1.165, 1.54) is 18.4 Å². The number of amides is 1. The van der Waals surface area contributed by atoms with Gasteiger partial charge in [0.05, 0.1) is 18.4 Å². The molecule has 2 saturated heterocycles. The quantitative estimate of drug-likeness (QED) is 0.836. The van der Waals surface area contributed by atoms with Crippen LogP contribution in [0.3, 0.4) is 0 Å². The van der Waals surface area contributed by atoms with Gasteiger partial charge in [0.15, 0.2) is 0 Å². The van der Waals surface area contributed by atoms with Crippen LogP contribution in [0.5, 0.6) is 0 Å². The Labute approximate surface area is 167 Å². The van der Waals surface area contributed by atoms with Crippen molar-refractivity contribution in [2.75, 3.05) is 56.0 Å². The average molecular weight is 380 g/mol. The van der Waals surface area contributed by atoms with E-state index in [0.29, 0.717) is 6.54 Å². The number of anilines is 2. The number of rotatable bonds is 6. The second-order valence-electron chi connectivity index (χ2n) is 7.69. The van der Waals surface area contributed by atoms with Gasteiger partial charge in [-0.25, -0.2) is 4.98 Å². The van der Waals surface area contributed by atoms with E-state index in [4.69, 9.17) is 0 Å². The number of aromatic nitrogens is 1. The molecule has 2 aliphatic rings. The van der Waals surface area contributed by atoms with Crippen molar-refractivity contribution in [3.05, 3.63) is 54.2 Å². The van der Waals surface area contributed by atoms with Crippen LogP contribution in [0.15, 0.2) is 48.7 Å². The van der Waals surface area contributed by atoms with Gasteiger partial charge in [0.25, 0.3) is 0 Å². The van der Waals surface area contributed by atoms with Crippen LogP contribution in [0.1, 0.15) is 18.4 Å². The zero-order chi connectivity index (χ0) is 19.2. The van der Waals surface area contributed by atoms with E-state index in [2.05, 4.69) is 55.3 Å². The number of nitrogens with zero attached hydrogens (tertiary/aromatic N) is 4. The number of hydrogen-bond acceptors (Lipinski definition) is 5. The Morgan fingerprint density at radius 3 is 2.29 bits per heavy atom. The van der Waals surface area contributed by atoms with Crippen LogP contribution in [-0.2, 0) is 11.3 Å². The molecule has 1 aromatic carbocycles. The Hall–Kier alpha value is -2.44. The molecule has 1 N–H and O–H groups in total. The van der Waals surface area contributed by atoms with E-state index in [1.807, 2.05) is 12.1 Å². The zero-order valence-corrected chi connectivity index (χ0v) is 16.4. The first-order chi connectivity index (χ1) is 13.8. The van der Waals surface area contributed by atoms with Crippen LogP contribution in [-0.4, -0.2) is 66.5 Å². The highest BCUT2D eigenvalue weighted by molar-refractivity contribution is 5.92. The molecule has 0 atom stereocenters. The third-order valence-corrected chi connectivity index (χ3v) is 5.54. The third-order valence-electron chi connectivity index (χ3n) is 5.54. The minimum Gasteiger partial charge on any atom is -0.357 e. The van der Waals surface area contributed by atoms with Crippen molar-refractivity contribution >= 4 is 17.4 Å². The molecule has 28 heavy (non-hydrogen) atoms. The predicted molar refractivity (Wildman–Crippen MR) is 112 cm³/mol. The summed E-state index contributed by atoms with van der Waals surface area (Å²) in [6.45, 7) is 7.41. The molecule has 0 bridgehead atoms. The maximum atomic E-state index is 12.4. The van der Waals surface area contributed by atoms with Gasteiger partial charge in [0.2, 0.25) is 5.91 Å². The summed E-state index contributed by atoms with van der Waals surface area (Å²) in [6.07, 6.45) is 4.24. The van der Waals surface area contributed by atoms with Gasteiger partial charge in [-0.3, -0.25) is 14.6 Å². The molecule has 1 amide bonds. The number of carbonyl (C=O) groups is 1. The fraction of sp³-hybridized carbons (Fsp3) is 0.455. The Morgan fingerprint density at radius 1 is 0.893 bits per heavy atom. The summed E-state index contributed by atoms with van der Waals surface area (Å²) in [6, 6.07) is 14.5. The summed E-state index contributed by atoms with van der Waals surface area (Å²) in [5.41, 5.74) is 2.12. The Kier molecular flexibility index (Phi) is 6.19. The van der Waals surface area contributed by atoms with Crippen LogP contribution in [0.25, 0.3) is 0 Å². The first-order valence-electron chi connectivity index (χ1n) is 10.3. The standard InChI is InChI=1S/C22H29N5O/c28-22(24-20-8-9-21(23-16-20)27-10-4-5-11-27)18-26-14-12-25(13-15-26)17-19-6-2-1-3-7-19/h1-3,6-9,16H,4-5,10-15,17-18H2,(H,24,28). The number of hydrogen-bond donors (Lipinski definition) is 1. The molecule has 1 aromatic heterocycles. The van der Waals surface area contributed by atoms with Gasteiger partial charge in [-0.1, -0.05) is 30.3 Å². The third kappa shape index (κ3) is 5.09. The molecule has 3 heterocycles. The molecular formula is C22H29N5O. The van der Waals surface area contributed by atoms with Gasteiger partial charge < -0.3 is 10.2 Å². The van der Waals surface area contributed by atoms with Crippen LogP contribution in [0.2, 0.25) is 0 Å². The average Bonchev–Trinajstić information content (AvgIpc) is 3.26. The topological polar surface area (TPSA) is 51.7 Å². The fourth-order valence-electron chi connectivity index (χ4n) is 3.94. The molecule has 6 nitrogen and oxygen atoms in total. The highest BCUT2D eigenvalue weighted by Gasteiger charge is 2.19. The van der Waals surface area contributed by atoms with Crippen molar-refractivity contribution in [2.24, 2.45) is 0 Å². The molecule has 2 aromatic rings. The smallest absolute Gasteiger partial charge is 0.238 e. The molecule has 2 aliphatic heterocycles. The fourth-order valence-corrected chi connectivity index (χ4v) is 3.94. The molecule has 0 aliphatic carbocycles. The van der Waals surface area contributed by atoms with E-state index in [0.717, 1.165) is 57.3 Å². The Bertz CT molecular complexity index is 750. The monoisotopic (exact) mass is 379 g/mol. The number of pyridine rings is 1. The maximum absolute atomic E-state index is 12.4. The van der Waals surface area contributed by atoms with Crippen molar-refractivity contribution in [2.45, 2.75) is 19.4 Å². The van der Waals surface area contributed by atoms with E-state index < -0.39 is 0 Å². The number of carbonyl (C=O) groups excluding carboxylic acids is 1. The summed E-state index contributed by atoms with van der Waals surface area (Å²) in [5, 5.41) is 2.98. The largest absolute Gasteiger partial charge is 0.357 e. The van der Waals surface area contributed by atoms with E-state index in [9.17, 15) is 4.79 Å². The van der Waals surface area contributed by atoms with E-state index >= 15 is 0 Å². The SMILES string of the molecule is O=C(CN1CCN(Cc2ccccc2)CC1)Nc1ccc(N2CCCC2)nc1. The van der Waals surface area contributed by atoms with Gasteiger partial charge in [-0.2, -0.15) is 0 Å². The zero-order valence-electron chi connectivity index (χ0n) is 16.4. The molecule has 2 fully saturated rings. The lowest BCUT2D eigenvalue weighted by Crippen LogP contribution is -2.48. The van der Waals surface area contributed by atoms with Crippen molar-refractivity contribution < 1.29 is 4.79 Å². The summed E-state index contributed by atoms with van der Waals surface area (Å²) in [4.78, 5) is 23.9. The van der Waals surface area contributed by atoms with Gasteiger partial charge >= 0.3 is 0 Å². The minimum absolute atomic E-state index is 0.0345. The second kappa shape index (κ2) is 9.17. The van der Waals surface area contributed by atoms with Gasteiger partial charge in [-0.05, 0) is 30.5 Å². The lowest BCUT2D eigenvalue weighted by Gasteiger charge is -2.34. The van der Waals surface area contributed by atoms with Gasteiger partial charge in [-0.15, -0.1) is 0 Å². The van der Waals surface area contributed by atoms with E-state index in [1.54, 1.807) is 6.20 Å². The number of benzene rings is 1. The highest BCUT2D eigenvalue weighted by Crippen LogP contribution is 2.19. The molecule has 4 rings (SSSR count). The number of nitrogens with one attached hydrogen (secondary N) is 1. The summed E-state index contributed by atoms with van der Waals surface area (Å²) in [7, 11) is 0. The van der Waals surface area contributed by atoms with Crippen molar-refractivity contribution in [1.82, 2.24) is 14.8 Å². The summed E-state index contributed by atoms with van der Waals surface area (Å²) in [5.74, 6) is 1.04. The van der Waals surface area contributed by atoms with Crippen molar-refractivity contribution in [3.8, 4) is 0 Å². The van der Waals surface area contributed by atoms with Gasteiger partial charge in [0.1, 0.15) is 5.82 Å². The molecule has 0 radical (unpaired) electrons. The number of piperazine rings is 1. The van der Waals surface area contributed by atoms with Crippen LogP contribution in [0.4, 0.5) is 11.5 Å². The first kappa shape index (κ1) is 18.9. The molecule has 0 saturated carbocycles. The van der Waals surface area contributed by atoms with Crippen LogP contribution in [0, 0.1) is 0 Å². The maximum Gasteiger partial charge on any atom is 0.238 e. The van der Waals surface area contributed by atoms with Crippen molar-refractivity contribution in [1.29, 1.82) is 0 Å². The van der Waals surface area contributed by atoms with Crippen LogP contribution >= 0.6 is 0 Å². The van der Waals surface area contributed by atoms with Gasteiger partial charge in [0, 0.05) is 45.8 Å². The lowest BCUT2D eigenvalue weighted by molar-refractivity contribution is -0.117. The van der Waals surface area contributed by atoms with Crippen molar-refractivity contribution in [3.63, 3.8) is 0 Å². The minimum atomic E-state index is 0.0345. The predicted octanol–water partition coefficient (Wildman–Crippen LogP) is 2.44. The molecule has 0 spiro atoms. The summed E-state index contributed by atoms with van der Waals surface area (Å²) >= 11 is 0. The van der Waals surface area contributed by atoms with E-state index in [-0.39, 0.29) is 5.91 Å². The molecule has 148 valence electrons. The molecular weight excluding hydrogens is 350 g/mol. The molecule has 0 unspecified atom stereocenters. The Balaban J connectivity index is 1.20.